The Morgan fingerprint density at radius 2 is 2.60 bits per heavy atom. The van der Waals surface area contributed by atoms with Crippen molar-refractivity contribution in [3.63, 3.8) is 0 Å². The van der Waals surface area contributed by atoms with Crippen LogP contribution in [0.4, 0.5) is 0 Å². The largest absolute Gasteiger partial charge is 0.460 e. The SMILES string of the molecule is [CH2]OC(=O)C1CNCCO1. The fourth-order valence-corrected chi connectivity index (χ4v) is 0.810. The fraction of sp³-hybridized carbons (Fsp3) is 0.667. The molecule has 1 N–H and O–H groups in total. The van der Waals surface area contributed by atoms with E-state index in [0.717, 1.165) is 6.54 Å². The average molecular weight is 144 g/mol. The molecule has 10 heavy (non-hydrogen) atoms. The number of nitrogens with one attached hydrogen (secondary N) is 1. The Hall–Kier alpha value is -0.610. The van der Waals surface area contributed by atoms with Crippen molar-refractivity contribution in [1.82, 2.24) is 5.32 Å². The number of carbonyl (C=O) groups is 1. The summed E-state index contributed by atoms with van der Waals surface area (Å²) in [5, 5.41) is 3.00. The summed E-state index contributed by atoms with van der Waals surface area (Å²) in [5.74, 6) is -0.410. The summed E-state index contributed by atoms with van der Waals surface area (Å²) >= 11 is 0. The van der Waals surface area contributed by atoms with Gasteiger partial charge in [0.15, 0.2) is 6.10 Å². The highest BCUT2D eigenvalue weighted by Gasteiger charge is 2.21. The van der Waals surface area contributed by atoms with Gasteiger partial charge in [-0.3, -0.25) is 0 Å². The molecule has 1 unspecified atom stereocenters. The summed E-state index contributed by atoms with van der Waals surface area (Å²) in [5.41, 5.74) is 0. The maximum atomic E-state index is 10.7. The Balaban J connectivity index is 2.31. The summed E-state index contributed by atoms with van der Waals surface area (Å²) < 4.78 is 9.29. The van der Waals surface area contributed by atoms with E-state index in [1.807, 2.05) is 0 Å². The molecule has 0 spiro atoms. The molecule has 0 aromatic carbocycles. The molecular formula is C6H10NO3. The molecule has 1 aliphatic heterocycles. The molecule has 1 fully saturated rings. The smallest absolute Gasteiger partial charge is 0.336 e. The minimum absolute atomic E-state index is 0.410. The molecule has 0 bridgehead atoms. The van der Waals surface area contributed by atoms with Crippen LogP contribution >= 0.6 is 0 Å². The second-order valence-corrected chi connectivity index (χ2v) is 2.03. The van der Waals surface area contributed by atoms with Gasteiger partial charge in [0.2, 0.25) is 0 Å². The topological polar surface area (TPSA) is 47.6 Å². The highest BCUT2D eigenvalue weighted by atomic mass is 16.6. The number of hydrogen-bond acceptors (Lipinski definition) is 4. The summed E-state index contributed by atoms with van der Waals surface area (Å²) in [6.07, 6.45) is -0.466. The number of carbonyl (C=O) groups excluding carboxylic acids is 1. The van der Waals surface area contributed by atoms with Crippen LogP contribution in [0.25, 0.3) is 0 Å². The van der Waals surface area contributed by atoms with Crippen LogP contribution in [0.2, 0.25) is 0 Å². The van der Waals surface area contributed by atoms with Crippen LogP contribution in [0, 0.1) is 7.11 Å². The van der Waals surface area contributed by atoms with Gasteiger partial charge >= 0.3 is 5.97 Å². The van der Waals surface area contributed by atoms with Gasteiger partial charge in [0.05, 0.1) is 6.61 Å². The number of rotatable bonds is 1. The molecule has 4 nitrogen and oxygen atoms in total. The zero-order chi connectivity index (χ0) is 7.40. The molecule has 1 atom stereocenters. The molecule has 0 aliphatic carbocycles. The first-order valence-corrected chi connectivity index (χ1v) is 3.13. The Morgan fingerprint density at radius 3 is 3.10 bits per heavy atom. The molecule has 0 amide bonds. The van der Waals surface area contributed by atoms with Gasteiger partial charge in [-0.25, -0.2) is 4.79 Å². The number of morpholine rings is 1. The van der Waals surface area contributed by atoms with E-state index in [1.165, 1.54) is 0 Å². The summed E-state index contributed by atoms with van der Waals surface area (Å²) in [6, 6.07) is 0. The number of esters is 1. The molecule has 0 aromatic rings. The van der Waals surface area contributed by atoms with Crippen molar-refractivity contribution >= 4 is 5.97 Å². The molecule has 0 saturated carbocycles. The van der Waals surface area contributed by atoms with Crippen LogP contribution in [-0.4, -0.2) is 31.8 Å². The predicted octanol–water partition coefficient (Wildman–Crippen LogP) is -0.690. The standard InChI is InChI=1S/C6H10NO3/c1-9-6(8)5-4-7-2-3-10-5/h5,7H,1-4H2. The second kappa shape index (κ2) is 3.53. The maximum Gasteiger partial charge on any atom is 0.336 e. The zero-order valence-electron chi connectivity index (χ0n) is 5.63. The van der Waals surface area contributed by atoms with Gasteiger partial charge in [-0.1, -0.05) is 0 Å². The third-order valence-corrected chi connectivity index (χ3v) is 1.33. The quantitative estimate of drug-likeness (QED) is 0.495. The van der Waals surface area contributed by atoms with E-state index in [9.17, 15) is 4.79 Å². The first-order valence-electron chi connectivity index (χ1n) is 3.13. The van der Waals surface area contributed by atoms with Crippen molar-refractivity contribution in [1.29, 1.82) is 0 Å². The summed E-state index contributed by atoms with van der Waals surface area (Å²) in [7, 11) is 3.00. The second-order valence-electron chi connectivity index (χ2n) is 2.03. The molecule has 1 heterocycles. The van der Waals surface area contributed by atoms with E-state index in [4.69, 9.17) is 4.74 Å². The van der Waals surface area contributed by atoms with Crippen molar-refractivity contribution in [3.05, 3.63) is 7.11 Å². The molecule has 1 aliphatic rings. The lowest BCUT2D eigenvalue weighted by Crippen LogP contribution is -2.43. The fourth-order valence-electron chi connectivity index (χ4n) is 0.810. The van der Waals surface area contributed by atoms with E-state index in [1.54, 1.807) is 0 Å². The van der Waals surface area contributed by atoms with Crippen molar-refractivity contribution in [2.75, 3.05) is 19.7 Å². The highest BCUT2D eigenvalue weighted by Crippen LogP contribution is 1.97. The van der Waals surface area contributed by atoms with Gasteiger partial charge in [-0.2, -0.15) is 0 Å². The zero-order valence-corrected chi connectivity index (χ0v) is 5.63. The van der Waals surface area contributed by atoms with Crippen LogP contribution in [0.1, 0.15) is 0 Å². The van der Waals surface area contributed by atoms with Crippen LogP contribution in [0.15, 0.2) is 0 Å². The molecule has 1 saturated heterocycles. The average Bonchev–Trinajstić information content (AvgIpc) is 2.05. The van der Waals surface area contributed by atoms with Gasteiger partial charge in [0, 0.05) is 13.1 Å². The van der Waals surface area contributed by atoms with E-state index >= 15 is 0 Å². The van der Waals surface area contributed by atoms with Crippen LogP contribution in [-0.2, 0) is 14.3 Å². The lowest BCUT2D eigenvalue weighted by molar-refractivity contribution is -0.153. The Kier molecular flexibility index (Phi) is 2.65. The minimum Gasteiger partial charge on any atom is -0.460 e. The predicted molar refractivity (Wildman–Crippen MR) is 34.1 cm³/mol. The Labute approximate surface area is 59.5 Å². The first-order chi connectivity index (χ1) is 4.84. The van der Waals surface area contributed by atoms with E-state index < -0.39 is 12.1 Å². The molecule has 57 valence electrons. The van der Waals surface area contributed by atoms with Gasteiger partial charge < -0.3 is 14.8 Å². The first kappa shape index (κ1) is 7.50. The van der Waals surface area contributed by atoms with E-state index in [0.29, 0.717) is 13.2 Å². The number of hydrogen-bond donors (Lipinski definition) is 1. The van der Waals surface area contributed by atoms with Gasteiger partial charge in [0.25, 0.3) is 0 Å². The van der Waals surface area contributed by atoms with Crippen LogP contribution in [0.3, 0.4) is 0 Å². The normalized spacial score (nSPS) is 25.9. The van der Waals surface area contributed by atoms with Crippen molar-refractivity contribution in [2.45, 2.75) is 6.10 Å². The molecule has 0 aromatic heterocycles. The van der Waals surface area contributed by atoms with Crippen LogP contribution in [0.5, 0.6) is 0 Å². The van der Waals surface area contributed by atoms with E-state index in [2.05, 4.69) is 17.2 Å². The van der Waals surface area contributed by atoms with Crippen molar-refractivity contribution < 1.29 is 14.3 Å². The van der Waals surface area contributed by atoms with Crippen molar-refractivity contribution in [3.8, 4) is 0 Å². The molecule has 4 heteroatoms. The van der Waals surface area contributed by atoms with Crippen molar-refractivity contribution in [2.24, 2.45) is 0 Å². The molecule has 1 rings (SSSR count). The number of ether oxygens (including phenoxy) is 2. The summed E-state index contributed by atoms with van der Waals surface area (Å²) in [6.45, 7) is 1.87. The lowest BCUT2D eigenvalue weighted by atomic mass is 10.3. The lowest BCUT2D eigenvalue weighted by Gasteiger charge is -2.20. The van der Waals surface area contributed by atoms with Crippen LogP contribution < -0.4 is 5.32 Å². The molecule has 1 radical (unpaired) electrons. The monoisotopic (exact) mass is 144 g/mol. The third-order valence-electron chi connectivity index (χ3n) is 1.33. The highest BCUT2D eigenvalue weighted by molar-refractivity contribution is 5.75. The Bertz CT molecular complexity index is 120. The summed E-state index contributed by atoms with van der Waals surface area (Å²) in [4.78, 5) is 10.7. The van der Waals surface area contributed by atoms with Gasteiger partial charge in [-0.15, -0.1) is 0 Å². The maximum absolute atomic E-state index is 10.7. The minimum atomic E-state index is -0.466. The van der Waals surface area contributed by atoms with E-state index in [-0.39, 0.29) is 0 Å². The molecular weight excluding hydrogens is 134 g/mol. The van der Waals surface area contributed by atoms with Gasteiger partial charge in [-0.05, 0) is 0 Å². The third kappa shape index (κ3) is 1.68. The van der Waals surface area contributed by atoms with Gasteiger partial charge in [0.1, 0.15) is 7.11 Å². The Morgan fingerprint density at radius 1 is 1.80 bits per heavy atom.